The van der Waals surface area contributed by atoms with Crippen molar-refractivity contribution in [2.45, 2.75) is 37.8 Å². The lowest BCUT2D eigenvalue weighted by molar-refractivity contribution is -0.139. The van der Waals surface area contributed by atoms with Gasteiger partial charge in [0.2, 0.25) is 0 Å². The lowest BCUT2D eigenvalue weighted by Gasteiger charge is -2.41. The zero-order chi connectivity index (χ0) is 13.9. The predicted octanol–water partition coefficient (Wildman–Crippen LogP) is 1.31. The zero-order valence-corrected chi connectivity index (χ0v) is 10.6. The molecular formula is C14H17NO4. The van der Waals surface area contributed by atoms with Crippen LogP contribution in [0.15, 0.2) is 24.3 Å². The number of benzene rings is 1. The van der Waals surface area contributed by atoms with Crippen LogP contribution < -0.4 is 5.32 Å². The molecule has 0 heterocycles. The van der Waals surface area contributed by atoms with Gasteiger partial charge in [-0.1, -0.05) is 12.1 Å². The number of aliphatic hydroxyl groups is 1. The Morgan fingerprint density at radius 2 is 1.84 bits per heavy atom. The van der Waals surface area contributed by atoms with Gasteiger partial charge in [0, 0.05) is 5.56 Å². The van der Waals surface area contributed by atoms with Crippen LogP contribution in [0.5, 0.6) is 0 Å². The van der Waals surface area contributed by atoms with Gasteiger partial charge in [-0.25, -0.2) is 0 Å². The van der Waals surface area contributed by atoms with E-state index in [2.05, 4.69) is 5.32 Å². The number of carbonyl (C=O) groups is 2. The number of hydrogen-bond acceptors (Lipinski definition) is 3. The first-order valence-corrected chi connectivity index (χ1v) is 6.29. The maximum absolute atomic E-state index is 12.1. The summed E-state index contributed by atoms with van der Waals surface area (Å²) in [5.74, 6) is -1.15. The average molecular weight is 263 g/mol. The Balaban J connectivity index is 2.04. The number of hydrogen-bond donors (Lipinski definition) is 3. The van der Waals surface area contributed by atoms with Crippen molar-refractivity contribution < 1.29 is 19.8 Å². The number of carboxylic acids is 1. The summed E-state index contributed by atoms with van der Waals surface area (Å²) in [6, 6.07) is 6.63. The lowest BCUT2D eigenvalue weighted by atomic mass is 9.74. The Morgan fingerprint density at radius 1 is 1.21 bits per heavy atom. The molecule has 0 atom stereocenters. The smallest absolute Gasteiger partial charge is 0.305 e. The van der Waals surface area contributed by atoms with E-state index < -0.39 is 11.5 Å². The van der Waals surface area contributed by atoms with Crippen LogP contribution in [0.2, 0.25) is 0 Å². The van der Waals surface area contributed by atoms with Crippen molar-refractivity contribution in [3.63, 3.8) is 0 Å². The molecule has 1 saturated carbocycles. The number of amides is 1. The highest BCUT2D eigenvalue weighted by Crippen LogP contribution is 2.35. The van der Waals surface area contributed by atoms with Crippen LogP contribution in [0.1, 0.15) is 41.6 Å². The Labute approximate surface area is 111 Å². The molecule has 0 saturated heterocycles. The van der Waals surface area contributed by atoms with Gasteiger partial charge in [-0.05, 0) is 37.0 Å². The molecule has 19 heavy (non-hydrogen) atoms. The Morgan fingerprint density at radius 3 is 2.26 bits per heavy atom. The highest BCUT2D eigenvalue weighted by atomic mass is 16.4. The molecule has 0 unspecified atom stereocenters. The zero-order valence-electron chi connectivity index (χ0n) is 10.6. The molecule has 1 aromatic carbocycles. The standard InChI is InChI=1S/C14H17NO4/c16-9-10-2-4-11(5-3-10)13(19)15-14(6-1-7-14)8-12(17)18/h2-5,16H,1,6-9H2,(H,15,19)(H,17,18). The third-order valence-corrected chi connectivity index (χ3v) is 3.58. The Bertz CT molecular complexity index is 477. The van der Waals surface area contributed by atoms with E-state index in [4.69, 9.17) is 10.2 Å². The van der Waals surface area contributed by atoms with Crippen molar-refractivity contribution in [3.05, 3.63) is 35.4 Å². The highest BCUT2D eigenvalue weighted by molar-refractivity contribution is 5.95. The molecule has 3 N–H and O–H groups in total. The molecule has 1 aliphatic rings. The number of nitrogens with one attached hydrogen (secondary N) is 1. The van der Waals surface area contributed by atoms with E-state index >= 15 is 0 Å². The van der Waals surface area contributed by atoms with Gasteiger partial charge in [0.05, 0.1) is 18.6 Å². The second-order valence-corrected chi connectivity index (χ2v) is 5.01. The predicted molar refractivity (Wildman–Crippen MR) is 68.7 cm³/mol. The first-order valence-electron chi connectivity index (χ1n) is 6.29. The van der Waals surface area contributed by atoms with Gasteiger partial charge in [-0.2, -0.15) is 0 Å². The summed E-state index contributed by atoms with van der Waals surface area (Å²) >= 11 is 0. The minimum absolute atomic E-state index is 0.0343. The summed E-state index contributed by atoms with van der Waals surface area (Å²) in [4.78, 5) is 22.9. The molecule has 2 rings (SSSR count). The number of aliphatic carboxylic acids is 1. The van der Waals surface area contributed by atoms with Gasteiger partial charge in [0.15, 0.2) is 0 Å². The summed E-state index contributed by atoms with van der Waals surface area (Å²) in [5, 5.41) is 20.7. The summed E-state index contributed by atoms with van der Waals surface area (Å²) in [6.07, 6.45) is 2.32. The van der Waals surface area contributed by atoms with Crippen LogP contribution in [-0.4, -0.2) is 27.6 Å². The number of rotatable bonds is 5. The van der Waals surface area contributed by atoms with E-state index in [1.54, 1.807) is 24.3 Å². The molecule has 0 aliphatic heterocycles. The van der Waals surface area contributed by atoms with Gasteiger partial charge >= 0.3 is 5.97 Å². The first kappa shape index (κ1) is 13.5. The molecule has 1 amide bonds. The van der Waals surface area contributed by atoms with Crippen LogP contribution in [-0.2, 0) is 11.4 Å². The highest BCUT2D eigenvalue weighted by Gasteiger charge is 2.40. The van der Waals surface area contributed by atoms with Crippen molar-refractivity contribution in [2.75, 3.05) is 0 Å². The molecular weight excluding hydrogens is 246 g/mol. The molecule has 0 radical (unpaired) electrons. The second kappa shape index (κ2) is 5.40. The van der Waals surface area contributed by atoms with E-state index in [9.17, 15) is 9.59 Å². The van der Waals surface area contributed by atoms with Crippen molar-refractivity contribution in [1.82, 2.24) is 5.32 Å². The van der Waals surface area contributed by atoms with Crippen molar-refractivity contribution in [2.24, 2.45) is 0 Å². The summed E-state index contributed by atoms with van der Waals surface area (Å²) < 4.78 is 0. The fourth-order valence-corrected chi connectivity index (χ4v) is 2.31. The van der Waals surface area contributed by atoms with E-state index in [0.717, 1.165) is 12.0 Å². The average Bonchev–Trinajstić information content (AvgIpc) is 2.35. The minimum Gasteiger partial charge on any atom is -0.481 e. The lowest BCUT2D eigenvalue weighted by Crippen LogP contribution is -2.54. The quantitative estimate of drug-likeness (QED) is 0.747. The second-order valence-electron chi connectivity index (χ2n) is 5.01. The van der Waals surface area contributed by atoms with E-state index in [1.807, 2.05) is 0 Å². The number of carbonyl (C=O) groups excluding carboxylic acids is 1. The van der Waals surface area contributed by atoms with Crippen molar-refractivity contribution in [3.8, 4) is 0 Å². The SMILES string of the molecule is O=C(O)CC1(NC(=O)c2ccc(CO)cc2)CCC1. The number of carboxylic acid groups (broad SMARTS) is 1. The fraction of sp³-hybridized carbons (Fsp3) is 0.429. The monoisotopic (exact) mass is 263 g/mol. The molecule has 1 aliphatic carbocycles. The third-order valence-electron chi connectivity index (χ3n) is 3.58. The topological polar surface area (TPSA) is 86.6 Å². The van der Waals surface area contributed by atoms with Gasteiger partial charge in [0.25, 0.3) is 5.91 Å². The normalized spacial score (nSPS) is 16.5. The van der Waals surface area contributed by atoms with Crippen LogP contribution in [0, 0.1) is 0 Å². The number of aliphatic hydroxyl groups excluding tert-OH is 1. The molecule has 5 nitrogen and oxygen atoms in total. The largest absolute Gasteiger partial charge is 0.481 e. The molecule has 1 aromatic rings. The Kier molecular flexibility index (Phi) is 3.85. The fourth-order valence-electron chi connectivity index (χ4n) is 2.31. The molecule has 1 fully saturated rings. The summed E-state index contributed by atoms with van der Waals surface area (Å²) in [7, 11) is 0. The molecule has 102 valence electrons. The van der Waals surface area contributed by atoms with Gasteiger partial charge < -0.3 is 15.5 Å². The third kappa shape index (κ3) is 3.12. The first-order chi connectivity index (χ1) is 9.04. The van der Waals surface area contributed by atoms with E-state index in [-0.39, 0.29) is 18.9 Å². The molecule has 0 bridgehead atoms. The van der Waals surface area contributed by atoms with Gasteiger partial charge in [-0.3, -0.25) is 9.59 Å². The van der Waals surface area contributed by atoms with Crippen LogP contribution in [0.3, 0.4) is 0 Å². The van der Waals surface area contributed by atoms with Gasteiger partial charge in [-0.15, -0.1) is 0 Å². The summed E-state index contributed by atoms with van der Waals surface area (Å²) in [6.45, 7) is -0.0646. The van der Waals surface area contributed by atoms with Crippen LogP contribution in [0.25, 0.3) is 0 Å². The Hall–Kier alpha value is -1.88. The molecule has 0 aromatic heterocycles. The van der Waals surface area contributed by atoms with Crippen LogP contribution >= 0.6 is 0 Å². The summed E-state index contributed by atoms with van der Waals surface area (Å²) in [5.41, 5.74) is 0.632. The van der Waals surface area contributed by atoms with E-state index in [1.165, 1.54) is 0 Å². The van der Waals surface area contributed by atoms with Crippen molar-refractivity contribution in [1.29, 1.82) is 0 Å². The van der Waals surface area contributed by atoms with Crippen molar-refractivity contribution >= 4 is 11.9 Å². The maximum atomic E-state index is 12.1. The van der Waals surface area contributed by atoms with Crippen LogP contribution in [0.4, 0.5) is 0 Å². The van der Waals surface area contributed by atoms with E-state index in [0.29, 0.717) is 18.4 Å². The maximum Gasteiger partial charge on any atom is 0.305 e. The van der Waals surface area contributed by atoms with Gasteiger partial charge in [0.1, 0.15) is 0 Å². The molecule has 5 heteroatoms. The minimum atomic E-state index is -0.893. The molecule has 0 spiro atoms.